The maximum absolute atomic E-state index is 13.4. The van der Waals surface area contributed by atoms with Crippen molar-refractivity contribution >= 4 is 16.9 Å². The fourth-order valence-electron chi connectivity index (χ4n) is 3.34. The zero-order chi connectivity index (χ0) is 21.1. The van der Waals surface area contributed by atoms with Crippen molar-refractivity contribution in [3.63, 3.8) is 0 Å². The summed E-state index contributed by atoms with van der Waals surface area (Å²) in [5, 5.41) is 13.0. The lowest BCUT2D eigenvalue weighted by atomic mass is 10.1. The number of carbonyl (C=O) groups is 1. The van der Waals surface area contributed by atoms with Crippen LogP contribution in [0.2, 0.25) is 0 Å². The molecule has 7 nitrogen and oxygen atoms in total. The summed E-state index contributed by atoms with van der Waals surface area (Å²) in [7, 11) is 0. The Balaban J connectivity index is 1.82. The average molecular weight is 407 g/mol. The monoisotopic (exact) mass is 407 g/mol. The Morgan fingerprint density at radius 2 is 1.90 bits per heavy atom. The fraction of sp³-hybridized carbons (Fsp3) is 0.182. The number of fused-ring (bicyclic) bond motifs is 1. The molecule has 0 aliphatic carbocycles. The van der Waals surface area contributed by atoms with Crippen LogP contribution in [0.25, 0.3) is 27.7 Å². The van der Waals surface area contributed by atoms with Crippen molar-refractivity contribution in [2.45, 2.75) is 25.7 Å². The molecule has 2 aromatic carbocycles. The third kappa shape index (κ3) is 3.98. The number of carboxylic acids is 1. The van der Waals surface area contributed by atoms with E-state index < -0.39 is 11.8 Å². The van der Waals surface area contributed by atoms with Crippen LogP contribution in [0.5, 0.6) is 0 Å². The van der Waals surface area contributed by atoms with Gasteiger partial charge < -0.3 is 9.63 Å². The Bertz CT molecular complexity index is 1250. The van der Waals surface area contributed by atoms with Gasteiger partial charge in [-0.05, 0) is 54.8 Å². The second-order valence-corrected chi connectivity index (χ2v) is 6.89. The molecule has 0 bridgehead atoms. The number of nitrogens with zero attached hydrogens (tertiary/aromatic N) is 3. The zero-order valence-corrected chi connectivity index (χ0v) is 15.9. The van der Waals surface area contributed by atoms with Gasteiger partial charge in [-0.3, -0.25) is 14.2 Å². The molecule has 0 unspecified atom stereocenters. The van der Waals surface area contributed by atoms with Crippen molar-refractivity contribution in [3.05, 3.63) is 76.9 Å². The van der Waals surface area contributed by atoms with Gasteiger partial charge in [0.2, 0.25) is 0 Å². The van der Waals surface area contributed by atoms with E-state index in [1.54, 1.807) is 24.4 Å². The van der Waals surface area contributed by atoms with Gasteiger partial charge in [0.05, 0.1) is 22.8 Å². The Labute approximate surface area is 170 Å². The Hall–Kier alpha value is -3.81. The minimum absolute atomic E-state index is 0.0476. The molecule has 152 valence electrons. The van der Waals surface area contributed by atoms with E-state index in [4.69, 9.17) is 14.6 Å². The van der Waals surface area contributed by atoms with Crippen LogP contribution in [0, 0.1) is 5.82 Å². The summed E-state index contributed by atoms with van der Waals surface area (Å²) in [5.74, 6) is -0.773. The molecule has 0 aliphatic heterocycles. The molecule has 0 spiro atoms. The maximum Gasteiger partial charge on any atom is 0.303 e. The summed E-state index contributed by atoms with van der Waals surface area (Å²) < 4.78 is 19.7. The molecule has 1 N–H and O–H groups in total. The molecular formula is C22H18FN3O4. The maximum atomic E-state index is 13.4. The molecule has 30 heavy (non-hydrogen) atoms. The highest BCUT2D eigenvalue weighted by molar-refractivity contribution is 5.83. The predicted octanol–water partition coefficient (Wildman–Crippen LogP) is 3.98. The standard InChI is InChI=1S/C22H18FN3O4/c23-16-6-8-17(9-7-16)26-20(3-1-2-4-21(27)28)25-19-11-14(15-12-24-30-13-15)5-10-18(19)22(26)29/h5-13H,1-4H2,(H,27,28). The number of carboxylic acid groups (broad SMARTS) is 1. The van der Waals surface area contributed by atoms with E-state index in [9.17, 15) is 14.0 Å². The van der Waals surface area contributed by atoms with Gasteiger partial charge in [-0.2, -0.15) is 0 Å². The van der Waals surface area contributed by atoms with Crippen molar-refractivity contribution in [3.8, 4) is 16.8 Å². The van der Waals surface area contributed by atoms with Crippen molar-refractivity contribution in [1.82, 2.24) is 14.7 Å². The van der Waals surface area contributed by atoms with Crippen LogP contribution < -0.4 is 5.56 Å². The van der Waals surface area contributed by atoms with Crippen LogP contribution in [0.15, 0.2) is 64.2 Å². The van der Waals surface area contributed by atoms with E-state index in [1.165, 1.54) is 35.1 Å². The van der Waals surface area contributed by atoms with Crippen molar-refractivity contribution in [1.29, 1.82) is 0 Å². The largest absolute Gasteiger partial charge is 0.481 e. The molecule has 2 heterocycles. The molecule has 0 radical (unpaired) electrons. The molecule has 0 saturated heterocycles. The van der Waals surface area contributed by atoms with E-state index in [0.29, 0.717) is 41.7 Å². The number of unbranched alkanes of at least 4 members (excludes halogenated alkanes) is 1. The highest BCUT2D eigenvalue weighted by atomic mass is 19.1. The van der Waals surface area contributed by atoms with Gasteiger partial charge in [0.25, 0.3) is 5.56 Å². The van der Waals surface area contributed by atoms with Crippen LogP contribution in [0.1, 0.15) is 25.1 Å². The van der Waals surface area contributed by atoms with Gasteiger partial charge in [-0.25, -0.2) is 9.37 Å². The topological polar surface area (TPSA) is 98.2 Å². The number of rotatable bonds is 7. The summed E-state index contributed by atoms with van der Waals surface area (Å²) in [6.45, 7) is 0. The average Bonchev–Trinajstić information content (AvgIpc) is 3.27. The minimum Gasteiger partial charge on any atom is -0.481 e. The van der Waals surface area contributed by atoms with Crippen molar-refractivity contribution < 1.29 is 18.8 Å². The van der Waals surface area contributed by atoms with Crippen LogP contribution in [0.3, 0.4) is 0 Å². The number of aliphatic carboxylic acids is 1. The molecule has 0 amide bonds. The summed E-state index contributed by atoms with van der Waals surface area (Å²) in [6, 6.07) is 10.9. The lowest BCUT2D eigenvalue weighted by molar-refractivity contribution is -0.137. The van der Waals surface area contributed by atoms with Crippen LogP contribution in [-0.2, 0) is 11.2 Å². The van der Waals surface area contributed by atoms with E-state index in [0.717, 1.165) is 11.1 Å². The molecular weight excluding hydrogens is 389 g/mol. The first-order chi connectivity index (χ1) is 14.5. The number of hydrogen-bond donors (Lipinski definition) is 1. The van der Waals surface area contributed by atoms with E-state index >= 15 is 0 Å². The first-order valence-electron chi connectivity index (χ1n) is 9.46. The van der Waals surface area contributed by atoms with Crippen molar-refractivity contribution in [2.24, 2.45) is 0 Å². The van der Waals surface area contributed by atoms with Crippen LogP contribution in [0.4, 0.5) is 4.39 Å². The lowest BCUT2D eigenvalue weighted by Crippen LogP contribution is -2.24. The second kappa shape index (κ2) is 8.28. The van der Waals surface area contributed by atoms with Gasteiger partial charge >= 0.3 is 5.97 Å². The van der Waals surface area contributed by atoms with E-state index in [-0.39, 0.29) is 12.0 Å². The summed E-state index contributed by atoms with van der Waals surface area (Å²) in [4.78, 5) is 28.8. The van der Waals surface area contributed by atoms with Gasteiger partial charge in [0.1, 0.15) is 17.9 Å². The molecule has 0 saturated carbocycles. The molecule has 8 heteroatoms. The zero-order valence-electron chi connectivity index (χ0n) is 15.9. The normalized spacial score (nSPS) is 11.1. The van der Waals surface area contributed by atoms with Gasteiger partial charge in [0.15, 0.2) is 0 Å². The highest BCUT2D eigenvalue weighted by Crippen LogP contribution is 2.23. The molecule has 0 aliphatic rings. The first-order valence-corrected chi connectivity index (χ1v) is 9.46. The second-order valence-electron chi connectivity index (χ2n) is 6.89. The third-order valence-corrected chi connectivity index (χ3v) is 4.83. The molecule has 4 aromatic rings. The SMILES string of the molecule is O=C(O)CCCCc1nc2cc(-c3cnoc3)ccc2c(=O)n1-c1ccc(F)cc1. The predicted molar refractivity (Wildman–Crippen MR) is 108 cm³/mol. The molecule has 0 atom stereocenters. The highest BCUT2D eigenvalue weighted by Gasteiger charge is 2.14. The number of aryl methyl sites for hydroxylation is 1. The summed E-state index contributed by atoms with van der Waals surface area (Å²) in [6.07, 6.45) is 4.56. The number of halogens is 1. The van der Waals surface area contributed by atoms with Gasteiger partial charge in [0, 0.05) is 18.4 Å². The number of benzene rings is 2. The van der Waals surface area contributed by atoms with Crippen LogP contribution >= 0.6 is 0 Å². The quantitative estimate of drug-likeness (QED) is 0.466. The van der Waals surface area contributed by atoms with E-state index in [1.807, 2.05) is 0 Å². The fourth-order valence-corrected chi connectivity index (χ4v) is 3.34. The first kappa shape index (κ1) is 19.5. The van der Waals surface area contributed by atoms with Crippen LogP contribution in [-0.4, -0.2) is 25.8 Å². The molecule has 0 fully saturated rings. The minimum atomic E-state index is -0.865. The Morgan fingerprint density at radius 3 is 2.60 bits per heavy atom. The summed E-state index contributed by atoms with van der Waals surface area (Å²) in [5.41, 5.74) is 2.34. The third-order valence-electron chi connectivity index (χ3n) is 4.83. The van der Waals surface area contributed by atoms with Gasteiger partial charge in [-0.15, -0.1) is 0 Å². The number of aromatic nitrogens is 3. The van der Waals surface area contributed by atoms with Crippen molar-refractivity contribution in [2.75, 3.05) is 0 Å². The van der Waals surface area contributed by atoms with E-state index in [2.05, 4.69) is 5.16 Å². The number of hydrogen-bond acceptors (Lipinski definition) is 5. The molecule has 2 aromatic heterocycles. The van der Waals surface area contributed by atoms with Gasteiger partial charge in [-0.1, -0.05) is 11.2 Å². The Kier molecular flexibility index (Phi) is 5.38. The molecule has 4 rings (SSSR count). The summed E-state index contributed by atoms with van der Waals surface area (Å²) >= 11 is 0. The smallest absolute Gasteiger partial charge is 0.303 e. The lowest BCUT2D eigenvalue weighted by Gasteiger charge is -2.14. The Morgan fingerprint density at radius 1 is 1.10 bits per heavy atom.